The maximum atomic E-state index is 12.9. The number of hydrogen-bond acceptors (Lipinski definition) is 5. The maximum Gasteiger partial charge on any atom is 0.416 e. The average Bonchev–Trinajstić information content (AvgIpc) is 3.11. The van der Waals surface area contributed by atoms with Crippen LogP contribution in [0.1, 0.15) is 15.9 Å². The highest BCUT2D eigenvalue weighted by atomic mass is 32.2. The van der Waals surface area contributed by atoms with E-state index in [0.717, 1.165) is 18.2 Å². The fourth-order valence-electron chi connectivity index (χ4n) is 3.14. The summed E-state index contributed by atoms with van der Waals surface area (Å²) in [6.07, 6.45) is -4.64. The number of azo groups is 1. The Morgan fingerprint density at radius 1 is 0.971 bits per heavy atom. The Morgan fingerprint density at radius 3 is 2.47 bits per heavy atom. The van der Waals surface area contributed by atoms with Crippen LogP contribution in [0.3, 0.4) is 0 Å². The van der Waals surface area contributed by atoms with Gasteiger partial charge in [0.2, 0.25) is 5.88 Å². The van der Waals surface area contributed by atoms with E-state index in [1.807, 2.05) is 0 Å². The Hall–Kier alpha value is -4.19. The minimum absolute atomic E-state index is 0.0407. The third-order valence-corrected chi connectivity index (χ3v) is 6.11. The SMILES string of the molecule is O=C(N=Nc1c(O)[nH]c2ccccc12)c1cccc(S(=O)(=O)Nc2cccc(C(F)(F)F)c2)c1. The second-order valence-electron chi connectivity index (χ2n) is 7.08. The molecule has 3 N–H and O–H groups in total. The Labute approximate surface area is 190 Å². The highest BCUT2D eigenvalue weighted by Crippen LogP contribution is 2.35. The standard InChI is InChI=1S/C22H15F3N4O4S/c23-22(24,25)14-6-4-7-15(12-14)29-34(32,33)16-8-3-5-13(11-16)20(30)28-27-19-17-9-1-2-10-18(17)26-21(19)31/h1-12,26,29,31H. The first-order valence-electron chi connectivity index (χ1n) is 9.60. The van der Waals surface area contributed by atoms with Crippen LogP contribution in [0.15, 0.2) is 87.9 Å². The predicted octanol–water partition coefficient (Wildman–Crippen LogP) is 5.62. The normalized spacial score (nSPS) is 12.3. The zero-order chi connectivity index (χ0) is 24.5. The number of rotatable bonds is 5. The van der Waals surface area contributed by atoms with Crippen LogP contribution in [0.2, 0.25) is 0 Å². The number of fused-ring (bicyclic) bond motifs is 1. The van der Waals surface area contributed by atoms with E-state index in [9.17, 15) is 31.5 Å². The van der Waals surface area contributed by atoms with Crippen molar-refractivity contribution in [3.8, 4) is 5.88 Å². The monoisotopic (exact) mass is 488 g/mol. The molecule has 1 aromatic heterocycles. The van der Waals surface area contributed by atoms with Crippen LogP contribution in [0.4, 0.5) is 24.5 Å². The Kier molecular flexibility index (Phi) is 5.83. The van der Waals surface area contributed by atoms with Gasteiger partial charge in [0.1, 0.15) is 0 Å². The summed E-state index contributed by atoms with van der Waals surface area (Å²) in [5.41, 5.74) is -0.817. The van der Waals surface area contributed by atoms with Crippen LogP contribution < -0.4 is 4.72 Å². The van der Waals surface area contributed by atoms with Crippen molar-refractivity contribution in [3.63, 3.8) is 0 Å². The molecular formula is C22H15F3N4O4S. The van der Waals surface area contributed by atoms with Gasteiger partial charge in [-0.05, 0) is 42.5 Å². The Morgan fingerprint density at radius 2 is 1.71 bits per heavy atom. The van der Waals surface area contributed by atoms with Crippen molar-refractivity contribution in [2.45, 2.75) is 11.1 Å². The van der Waals surface area contributed by atoms with Crippen LogP contribution in [-0.2, 0) is 16.2 Å². The molecule has 1 amide bonds. The fourth-order valence-corrected chi connectivity index (χ4v) is 4.23. The van der Waals surface area contributed by atoms with E-state index in [1.165, 1.54) is 24.3 Å². The van der Waals surface area contributed by atoms with E-state index in [2.05, 4.69) is 19.9 Å². The molecule has 1 heterocycles. The number of alkyl halides is 3. The van der Waals surface area contributed by atoms with Crippen LogP contribution in [-0.4, -0.2) is 24.4 Å². The molecule has 0 atom stereocenters. The number of aromatic hydroxyl groups is 1. The first-order valence-corrected chi connectivity index (χ1v) is 11.1. The van der Waals surface area contributed by atoms with Gasteiger partial charge in [0.05, 0.1) is 16.0 Å². The van der Waals surface area contributed by atoms with Crippen molar-refractivity contribution < 1.29 is 31.5 Å². The van der Waals surface area contributed by atoms with Gasteiger partial charge in [-0.3, -0.25) is 9.52 Å². The van der Waals surface area contributed by atoms with Gasteiger partial charge in [-0.1, -0.05) is 30.3 Å². The molecule has 0 bridgehead atoms. The summed E-state index contributed by atoms with van der Waals surface area (Å²) < 4.78 is 66.1. The summed E-state index contributed by atoms with van der Waals surface area (Å²) in [7, 11) is -4.31. The van der Waals surface area contributed by atoms with Gasteiger partial charge < -0.3 is 10.1 Å². The molecule has 0 saturated carbocycles. The van der Waals surface area contributed by atoms with Crippen LogP contribution in [0.25, 0.3) is 10.9 Å². The largest absolute Gasteiger partial charge is 0.493 e. The van der Waals surface area contributed by atoms with Crippen LogP contribution >= 0.6 is 0 Å². The summed E-state index contributed by atoms with van der Waals surface area (Å²) in [5.74, 6) is -1.18. The third-order valence-electron chi connectivity index (χ3n) is 4.73. The molecule has 8 nitrogen and oxygen atoms in total. The predicted molar refractivity (Wildman–Crippen MR) is 118 cm³/mol. The van der Waals surface area contributed by atoms with Crippen molar-refractivity contribution in [1.82, 2.24) is 4.98 Å². The lowest BCUT2D eigenvalue weighted by molar-refractivity contribution is -0.137. The summed E-state index contributed by atoms with van der Waals surface area (Å²) in [5, 5.41) is 17.9. The van der Waals surface area contributed by atoms with Crippen LogP contribution in [0.5, 0.6) is 5.88 Å². The average molecular weight is 488 g/mol. The second kappa shape index (κ2) is 8.63. The maximum absolute atomic E-state index is 12.9. The first-order chi connectivity index (χ1) is 16.0. The molecule has 174 valence electrons. The number of nitrogens with zero attached hydrogens (tertiary/aromatic N) is 2. The summed E-state index contributed by atoms with van der Waals surface area (Å²) >= 11 is 0. The number of halogens is 3. The summed E-state index contributed by atoms with van der Waals surface area (Å²) in [6, 6.07) is 15.3. The number of H-pyrrole nitrogens is 1. The highest BCUT2D eigenvalue weighted by molar-refractivity contribution is 7.92. The topological polar surface area (TPSA) is 124 Å². The van der Waals surface area contributed by atoms with Gasteiger partial charge >= 0.3 is 6.18 Å². The van der Waals surface area contributed by atoms with Crippen LogP contribution in [0, 0.1) is 0 Å². The third kappa shape index (κ3) is 4.76. The van der Waals surface area contributed by atoms with E-state index >= 15 is 0 Å². The molecule has 0 unspecified atom stereocenters. The highest BCUT2D eigenvalue weighted by Gasteiger charge is 2.30. The van der Waals surface area contributed by atoms with Crippen molar-refractivity contribution in [2.24, 2.45) is 10.2 Å². The molecule has 0 aliphatic carbocycles. The van der Waals surface area contributed by atoms with E-state index in [1.54, 1.807) is 24.3 Å². The molecule has 0 saturated heterocycles. The molecule has 34 heavy (non-hydrogen) atoms. The molecule has 12 heteroatoms. The van der Waals surface area contributed by atoms with Crippen molar-refractivity contribution in [3.05, 3.63) is 83.9 Å². The van der Waals surface area contributed by atoms with Gasteiger partial charge in [-0.15, -0.1) is 10.2 Å². The zero-order valence-corrected chi connectivity index (χ0v) is 17.9. The van der Waals surface area contributed by atoms with Gasteiger partial charge in [-0.2, -0.15) is 13.2 Å². The van der Waals surface area contributed by atoms with E-state index < -0.39 is 27.7 Å². The first kappa shape index (κ1) is 23.0. The smallest absolute Gasteiger partial charge is 0.416 e. The number of carbonyl (C=O) groups excluding carboxylic acids is 1. The molecule has 0 spiro atoms. The molecule has 3 aromatic carbocycles. The molecule has 0 fully saturated rings. The number of nitrogens with one attached hydrogen (secondary N) is 2. The van der Waals surface area contributed by atoms with Gasteiger partial charge in [-0.25, -0.2) is 8.42 Å². The number of aromatic amines is 1. The number of aromatic nitrogens is 1. The number of hydrogen-bond donors (Lipinski definition) is 3. The molecule has 4 aromatic rings. The van der Waals surface area contributed by atoms with E-state index in [0.29, 0.717) is 17.0 Å². The van der Waals surface area contributed by atoms with Gasteiger partial charge in [0, 0.05) is 16.6 Å². The molecule has 4 rings (SSSR count). The van der Waals surface area contributed by atoms with E-state index in [4.69, 9.17) is 0 Å². The molecule has 0 aliphatic heterocycles. The molecule has 0 aliphatic rings. The number of amides is 1. The lowest BCUT2D eigenvalue weighted by Gasteiger charge is -2.11. The number of sulfonamides is 1. The summed E-state index contributed by atoms with van der Waals surface area (Å²) in [4.78, 5) is 14.8. The molecule has 0 radical (unpaired) electrons. The van der Waals surface area contributed by atoms with Crippen molar-refractivity contribution in [2.75, 3.05) is 4.72 Å². The second-order valence-corrected chi connectivity index (χ2v) is 8.77. The minimum Gasteiger partial charge on any atom is -0.493 e. The van der Waals surface area contributed by atoms with E-state index in [-0.39, 0.29) is 27.7 Å². The minimum atomic E-state index is -4.64. The lowest BCUT2D eigenvalue weighted by Crippen LogP contribution is -2.14. The number of benzene rings is 3. The number of carbonyl (C=O) groups is 1. The number of anilines is 1. The summed E-state index contributed by atoms with van der Waals surface area (Å²) in [6.45, 7) is 0. The Balaban J connectivity index is 1.58. The van der Waals surface area contributed by atoms with Gasteiger partial charge in [0.15, 0.2) is 5.69 Å². The number of para-hydroxylation sites is 1. The van der Waals surface area contributed by atoms with Gasteiger partial charge in [0.25, 0.3) is 15.9 Å². The Bertz CT molecular complexity index is 1530. The zero-order valence-electron chi connectivity index (χ0n) is 17.0. The fraction of sp³-hybridized carbons (Fsp3) is 0.0455. The van der Waals surface area contributed by atoms with Crippen molar-refractivity contribution >= 4 is 38.2 Å². The molecular weight excluding hydrogens is 473 g/mol. The lowest BCUT2D eigenvalue weighted by atomic mass is 10.2. The van der Waals surface area contributed by atoms with Crippen molar-refractivity contribution in [1.29, 1.82) is 0 Å². The quantitative estimate of drug-likeness (QED) is 0.316.